The van der Waals surface area contributed by atoms with Crippen molar-refractivity contribution in [3.63, 3.8) is 0 Å². The number of rotatable bonds is 7. The topological polar surface area (TPSA) is 16.4 Å². The van der Waals surface area contributed by atoms with E-state index in [4.69, 9.17) is 4.42 Å². The number of hydrogen-bond donors (Lipinski definition) is 0. The Morgan fingerprint density at radius 3 is 1.69 bits per heavy atom. The third-order valence-electron chi connectivity index (χ3n) is 10.5. The van der Waals surface area contributed by atoms with Crippen LogP contribution in [0.3, 0.4) is 0 Å². The van der Waals surface area contributed by atoms with Gasteiger partial charge in [-0.2, -0.15) is 0 Å². The minimum Gasteiger partial charge on any atom is -0.454 e. The Balaban J connectivity index is 1.18. The first kappa shape index (κ1) is 31.6. The molecule has 0 bridgehead atoms. The number of hydrogen-bond acceptors (Lipinski definition) is 2. The standard InChI is InChI=1S/C52H35NO/c1-3-15-36(16-4-1)44-34-31-40(35-48(44)38-17-5-2-6-18-38)45-22-9-11-26-49(45)53(50-27-14-25-47-46-23-10-12-28-51(46)54-52(47)50)41-32-29-39(30-33-41)43-24-13-20-37-19-7-8-21-42(37)43/h1-35H. The van der Waals surface area contributed by atoms with E-state index >= 15 is 0 Å². The first-order valence-electron chi connectivity index (χ1n) is 18.4. The summed E-state index contributed by atoms with van der Waals surface area (Å²) in [4.78, 5) is 2.36. The van der Waals surface area contributed by atoms with Gasteiger partial charge < -0.3 is 9.32 Å². The van der Waals surface area contributed by atoms with Crippen molar-refractivity contribution in [1.29, 1.82) is 0 Å². The third kappa shape index (κ3) is 5.53. The number of nitrogens with zero attached hydrogens (tertiary/aromatic N) is 1. The Bertz CT molecular complexity index is 2920. The van der Waals surface area contributed by atoms with Gasteiger partial charge in [0.05, 0.1) is 11.4 Å². The normalized spacial score (nSPS) is 11.3. The average Bonchev–Trinajstić information content (AvgIpc) is 3.64. The maximum absolute atomic E-state index is 6.69. The molecule has 0 amide bonds. The minimum atomic E-state index is 0.857. The molecule has 254 valence electrons. The zero-order valence-corrected chi connectivity index (χ0v) is 29.6. The van der Waals surface area contributed by atoms with E-state index in [-0.39, 0.29) is 0 Å². The van der Waals surface area contributed by atoms with Crippen molar-refractivity contribution in [3.8, 4) is 44.5 Å². The highest BCUT2D eigenvalue weighted by Crippen LogP contribution is 2.47. The zero-order chi connectivity index (χ0) is 35.8. The molecule has 54 heavy (non-hydrogen) atoms. The molecule has 0 unspecified atom stereocenters. The summed E-state index contributed by atoms with van der Waals surface area (Å²) in [5.74, 6) is 0. The van der Waals surface area contributed by atoms with Gasteiger partial charge in [-0.15, -0.1) is 0 Å². The molecule has 10 rings (SSSR count). The van der Waals surface area contributed by atoms with E-state index in [1.807, 2.05) is 6.07 Å². The highest BCUT2D eigenvalue weighted by Gasteiger charge is 2.22. The molecule has 0 aliphatic rings. The number of para-hydroxylation sites is 3. The molecule has 0 radical (unpaired) electrons. The maximum Gasteiger partial charge on any atom is 0.159 e. The Morgan fingerprint density at radius 1 is 0.315 bits per heavy atom. The van der Waals surface area contributed by atoms with E-state index in [1.165, 1.54) is 44.2 Å². The van der Waals surface area contributed by atoms with E-state index in [0.29, 0.717) is 0 Å². The van der Waals surface area contributed by atoms with Gasteiger partial charge in [0.15, 0.2) is 5.58 Å². The monoisotopic (exact) mass is 689 g/mol. The SMILES string of the molecule is c1ccc(-c2ccc(-c3ccccc3N(c3ccc(-c4cccc5ccccc45)cc3)c3cccc4c3oc3ccccc34)cc2-c2ccccc2)cc1. The molecular formula is C52H35NO. The molecule has 9 aromatic carbocycles. The van der Waals surface area contributed by atoms with Gasteiger partial charge in [0.1, 0.15) is 5.58 Å². The molecule has 0 spiro atoms. The molecule has 1 heterocycles. The van der Waals surface area contributed by atoms with Crippen LogP contribution in [0.2, 0.25) is 0 Å². The predicted octanol–water partition coefficient (Wildman–Crippen LogP) is 14.9. The molecule has 2 heteroatoms. The fourth-order valence-corrected chi connectivity index (χ4v) is 7.93. The van der Waals surface area contributed by atoms with Crippen LogP contribution >= 0.6 is 0 Å². The summed E-state index contributed by atoms with van der Waals surface area (Å²) in [6, 6.07) is 75.8. The lowest BCUT2D eigenvalue weighted by molar-refractivity contribution is 0.669. The van der Waals surface area contributed by atoms with Gasteiger partial charge in [-0.1, -0.05) is 176 Å². The fraction of sp³-hybridized carbons (Fsp3) is 0. The average molecular weight is 690 g/mol. The summed E-state index contributed by atoms with van der Waals surface area (Å²) in [6.07, 6.45) is 0. The van der Waals surface area contributed by atoms with Gasteiger partial charge in [-0.3, -0.25) is 0 Å². The van der Waals surface area contributed by atoms with Gasteiger partial charge in [0, 0.05) is 22.0 Å². The van der Waals surface area contributed by atoms with Crippen molar-refractivity contribution >= 4 is 49.8 Å². The van der Waals surface area contributed by atoms with Crippen molar-refractivity contribution in [3.05, 3.63) is 212 Å². The molecule has 0 atom stereocenters. The Hall–Kier alpha value is -7.16. The molecule has 0 fully saturated rings. The van der Waals surface area contributed by atoms with Crippen molar-refractivity contribution in [2.75, 3.05) is 4.90 Å². The fourth-order valence-electron chi connectivity index (χ4n) is 7.93. The van der Waals surface area contributed by atoms with Crippen LogP contribution < -0.4 is 4.90 Å². The van der Waals surface area contributed by atoms with E-state index in [2.05, 4.69) is 211 Å². The molecule has 0 aliphatic heterocycles. The van der Waals surface area contributed by atoms with Crippen molar-refractivity contribution in [1.82, 2.24) is 0 Å². The number of fused-ring (bicyclic) bond motifs is 4. The molecule has 0 N–H and O–H groups in total. The van der Waals surface area contributed by atoms with Crippen molar-refractivity contribution < 1.29 is 4.42 Å². The van der Waals surface area contributed by atoms with E-state index < -0.39 is 0 Å². The van der Waals surface area contributed by atoms with Gasteiger partial charge in [-0.05, 0) is 86.1 Å². The molecule has 10 aromatic rings. The smallest absolute Gasteiger partial charge is 0.159 e. The Labute approximate surface area is 314 Å². The van der Waals surface area contributed by atoms with Crippen LogP contribution in [-0.2, 0) is 0 Å². The predicted molar refractivity (Wildman–Crippen MR) is 228 cm³/mol. The molecule has 0 saturated carbocycles. The second-order valence-electron chi connectivity index (χ2n) is 13.7. The summed E-state index contributed by atoms with van der Waals surface area (Å²) >= 11 is 0. The number of benzene rings is 9. The highest BCUT2D eigenvalue weighted by molar-refractivity contribution is 6.11. The van der Waals surface area contributed by atoms with Gasteiger partial charge in [-0.25, -0.2) is 0 Å². The minimum absolute atomic E-state index is 0.857. The maximum atomic E-state index is 6.69. The quantitative estimate of drug-likeness (QED) is 0.166. The highest BCUT2D eigenvalue weighted by atomic mass is 16.3. The van der Waals surface area contributed by atoms with E-state index in [1.54, 1.807) is 0 Å². The zero-order valence-electron chi connectivity index (χ0n) is 29.6. The van der Waals surface area contributed by atoms with Crippen LogP contribution in [-0.4, -0.2) is 0 Å². The third-order valence-corrected chi connectivity index (χ3v) is 10.5. The molecule has 0 saturated heterocycles. The van der Waals surface area contributed by atoms with Crippen LogP contribution in [0.25, 0.3) is 77.2 Å². The molecule has 2 nitrogen and oxygen atoms in total. The van der Waals surface area contributed by atoms with Crippen LogP contribution in [0.1, 0.15) is 0 Å². The van der Waals surface area contributed by atoms with Gasteiger partial charge in [0.2, 0.25) is 0 Å². The molecular weight excluding hydrogens is 655 g/mol. The molecule has 0 aliphatic carbocycles. The summed E-state index contributed by atoms with van der Waals surface area (Å²) in [6.45, 7) is 0. The summed E-state index contributed by atoms with van der Waals surface area (Å²) in [7, 11) is 0. The van der Waals surface area contributed by atoms with E-state index in [0.717, 1.165) is 50.1 Å². The largest absolute Gasteiger partial charge is 0.454 e. The van der Waals surface area contributed by atoms with Gasteiger partial charge in [0.25, 0.3) is 0 Å². The first-order valence-corrected chi connectivity index (χ1v) is 18.4. The van der Waals surface area contributed by atoms with Crippen LogP contribution in [0, 0.1) is 0 Å². The first-order chi connectivity index (χ1) is 26.8. The number of furan rings is 1. The molecule has 1 aromatic heterocycles. The summed E-state index contributed by atoms with van der Waals surface area (Å²) in [5.41, 5.74) is 14.3. The number of anilines is 3. The Morgan fingerprint density at radius 2 is 0.870 bits per heavy atom. The second kappa shape index (κ2) is 13.4. The summed E-state index contributed by atoms with van der Waals surface area (Å²) in [5, 5.41) is 4.68. The van der Waals surface area contributed by atoms with Crippen molar-refractivity contribution in [2.24, 2.45) is 0 Å². The Kier molecular flexibility index (Phi) is 7.85. The van der Waals surface area contributed by atoms with Crippen LogP contribution in [0.5, 0.6) is 0 Å². The van der Waals surface area contributed by atoms with Crippen LogP contribution in [0.4, 0.5) is 17.1 Å². The lowest BCUT2D eigenvalue weighted by atomic mass is 9.90. The second-order valence-corrected chi connectivity index (χ2v) is 13.7. The van der Waals surface area contributed by atoms with E-state index in [9.17, 15) is 0 Å². The van der Waals surface area contributed by atoms with Crippen molar-refractivity contribution in [2.45, 2.75) is 0 Å². The van der Waals surface area contributed by atoms with Crippen LogP contribution in [0.15, 0.2) is 217 Å². The van der Waals surface area contributed by atoms with Gasteiger partial charge >= 0.3 is 0 Å². The summed E-state index contributed by atoms with van der Waals surface area (Å²) < 4.78 is 6.69. The lowest BCUT2D eigenvalue weighted by Gasteiger charge is -2.28. The lowest BCUT2D eigenvalue weighted by Crippen LogP contribution is -2.11.